The van der Waals surface area contributed by atoms with Gasteiger partial charge in [-0.15, -0.1) is 0 Å². The number of benzene rings is 1. The summed E-state index contributed by atoms with van der Waals surface area (Å²) in [6.07, 6.45) is 4.01. The van der Waals surface area contributed by atoms with Gasteiger partial charge >= 0.3 is 0 Å². The molecule has 1 aliphatic heterocycles. The largest absolute Gasteiger partial charge is 0.308 e. The third-order valence-electron chi connectivity index (χ3n) is 3.62. The van der Waals surface area contributed by atoms with Crippen molar-refractivity contribution in [2.24, 2.45) is 0 Å². The van der Waals surface area contributed by atoms with E-state index in [1.165, 1.54) is 6.42 Å². The van der Waals surface area contributed by atoms with Gasteiger partial charge < -0.3 is 5.32 Å². The van der Waals surface area contributed by atoms with Crippen LogP contribution >= 0.6 is 11.3 Å². The van der Waals surface area contributed by atoms with Crippen molar-refractivity contribution in [2.45, 2.75) is 18.9 Å². The van der Waals surface area contributed by atoms with E-state index in [9.17, 15) is 0 Å². The molecule has 20 heavy (non-hydrogen) atoms. The highest BCUT2D eigenvalue weighted by Gasteiger charge is 2.21. The van der Waals surface area contributed by atoms with Crippen LogP contribution in [0.5, 0.6) is 0 Å². The number of rotatable bonds is 2. The summed E-state index contributed by atoms with van der Waals surface area (Å²) in [7, 11) is 0. The van der Waals surface area contributed by atoms with Crippen molar-refractivity contribution in [3.05, 3.63) is 41.7 Å². The Morgan fingerprint density at radius 3 is 2.85 bits per heavy atom. The monoisotopic (exact) mass is 282 g/mol. The van der Waals surface area contributed by atoms with Gasteiger partial charge in [0.25, 0.3) is 0 Å². The molecule has 2 aromatic heterocycles. The van der Waals surface area contributed by atoms with Gasteiger partial charge in [-0.1, -0.05) is 41.7 Å². The number of nitrogens with one attached hydrogen (secondary N) is 1. The van der Waals surface area contributed by atoms with Crippen molar-refractivity contribution < 1.29 is 0 Å². The maximum Gasteiger partial charge on any atom is 0.147 e. The topological polar surface area (TPSA) is 50.7 Å². The van der Waals surface area contributed by atoms with E-state index < -0.39 is 0 Å². The first-order valence-corrected chi connectivity index (χ1v) is 7.64. The maximum atomic E-state index is 4.80. The van der Waals surface area contributed by atoms with Crippen molar-refractivity contribution in [1.29, 1.82) is 0 Å². The first-order chi connectivity index (χ1) is 9.92. The molecule has 0 radical (unpaired) electrons. The number of thiazole rings is 1. The Kier molecular flexibility index (Phi) is 2.94. The van der Waals surface area contributed by atoms with Crippen LogP contribution in [0.2, 0.25) is 0 Å². The van der Waals surface area contributed by atoms with Gasteiger partial charge in [-0.3, -0.25) is 0 Å². The van der Waals surface area contributed by atoms with Crippen LogP contribution in [0.15, 0.2) is 36.7 Å². The van der Waals surface area contributed by atoms with Crippen LogP contribution in [-0.2, 0) is 0 Å². The zero-order chi connectivity index (χ0) is 13.4. The number of hydrogen-bond donors (Lipinski definition) is 1. The lowest BCUT2D eigenvalue weighted by molar-refractivity contribution is 0.644. The van der Waals surface area contributed by atoms with Gasteiger partial charge in [-0.05, 0) is 19.4 Å². The third-order valence-corrected chi connectivity index (χ3v) is 4.69. The van der Waals surface area contributed by atoms with Crippen LogP contribution in [0.4, 0.5) is 0 Å². The molecular formula is C15H14N4S. The van der Waals surface area contributed by atoms with Crippen LogP contribution in [0.1, 0.15) is 23.9 Å². The molecule has 1 aromatic carbocycles. The zero-order valence-electron chi connectivity index (χ0n) is 10.9. The van der Waals surface area contributed by atoms with Crippen LogP contribution < -0.4 is 5.32 Å². The Balaban J connectivity index is 1.85. The Bertz CT molecular complexity index is 732. The lowest BCUT2D eigenvalue weighted by atomic mass is 10.1. The van der Waals surface area contributed by atoms with Crippen molar-refractivity contribution in [3.8, 4) is 11.3 Å². The number of hydrogen-bond acceptors (Lipinski definition) is 5. The fourth-order valence-electron chi connectivity index (χ4n) is 2.62. The fourth-order valence-corrected chi connectivity index (χ4v) is 3.64. The molecule has 0 spiro atoms. The highest BCUT2D eigenvalue weighted by atomic mass is 32.1. The molecule has 1 N–H and O–H groups in total. The second-order valence-corrected chi connectivity index (χ2v) is 5.95. The molecular weight excluding hydrogens is 268 g/mol. The molecule has 0 unspecified atom stereocenters. The smallest absolute Gasteiger partial charge is 0.147 e. The quantitative estimate of drug-likeness (QED) is 0.784. The maximum absolute atomic E-state index is 4.80. The number of nitrogens with zero attached hydrogens (tertiary/aromatic N) is 3. The van der Waals surface area contributed by atoms with E-state index in [4.69, 9.17) is 4.98 Å². The Morgan fingerprint density at radius 2 is 2.05 bits per heavy atom. The Hall–Kier alpha value is -1.85. The minimum Gasteiger partial charge on any atom is -0.308 e. The summed E-state index contributed by atoms with van der Waals surface area (Å²) in [4.78, 5) is 14.6. The van der Waals surface area contributed by atoms with Crippen molar-refractivity contribution in [3.63, 3.8) is 0 Å². The minimum absolute atomic E-state index is 0.387. The summed E-state index contributed by atoms with van der Waals surface area (Å²) in [6, 6.07) is 10.6. The van der Waals surface area contributed by atoms with E-state index >= 15 is 0 Å². The molecule has 0 amide bonds. The molecule has 4 nitrogen and oxygen atoms in total. The third kappa shape index (κ3) is 1.99. The molecule has 3 aromatic rings. The molecule has 3 heterocycles. The van der Waals surface area contributed by atoms with Gasteiger partial charge in [0, 0.05) is 5.56 Å². The van der Waals surface area contributed by atoms with Crippen LogP contribution in [0.3, 0.4) is 0 Å². The molecule has 5 heteroatoms. The van der Waals surface area contributed by atoms with Gasteiger partial charge in [-0.2, -0.15) is 0 Å². The molecule has 0 bridgehead atoms. The standard InChI is InChI=1S/C15H14N4S/c1-2-5-10(6-3-1)12-13-15(18-9-17-12)20-14(19-13)11-7-4-8-16-11/h1-3,5-6,9,11,16H,4,7-8H2/t11-/m1/s1. The predicted octanol–water partition coefficient (Wildman–Crippen LogP) is 3.18. The van der Waals surface area contributed by atoms with Crippen LogP contribution in [0, 0.1) is 0 Å². The van der Waals surface area contributed by atoms with E-state index in [2.05, 4.69) is 27.4 Å². The van der Waals surface area contributed by atoms with Gasteiger partial charge in [0.1, 0.15) is 27.4 Å². The van der Waals surface area contributed by atoms with E-state index in [0.29, 0.717) is 6.04 Å². The summed E-state index contributed by atoms with van der Waals surface area (Å²) >= 11 is 1.68. The van der Waals surface area contributed by atoms with Gasteiger partial charge in [0.15, 0.2) is 0 Å². The average molecular weight is 282 g/mol. The summed E-state index contributed by atoms with van der Waals surface area (Å²) in [5.41, 5.74) is 2.94. The number of fused-ring (bicyclic) bond motifs is 1. The molecule has 1 saturated heterocycles. The van der Waals surface area contributed by atoms with E-state index in [1.807, 2.05) is 18.2 Å². The van der Waals surface area contributed by atoms with Crippen molar-refractivity contribution in [1.82, 2.24) is 20.3 Å². The SMILES string of the molecule is c1ccc(-c2ncnc3sc([C@H]4CCCN4)nc23)cc1. The Morgan fingerprint density at radius 1 is 1.15 bits per heavy atom. The van der Waals surface area contributed by atoms with Crippen LogP contribution in [0.25, 0.3) is 21.6 Å². The van der Waals surface area contributed by atoms with E-state index in [1.54, 1.807) is 17.7 Å². The molecule has 0 saturated carbocycles. The van der Waals surface area contributed by atoms with Gasteiger partial charge in [-0.25, -0.2) is 15.0 Å². The molecule has 1 aliphatic rings. The van der Waals surface area contributed by atoms with Gasteiger partial charge in [0.05, 0.1) is 6.04 Å². The van der Waals surface area contributed by atoms with Crippen LogP contribution in [-0.4, -0.2) is 21.5 Å². The fraction of sp³-hybridized carbons (Fsp3) is 0.267. The first-order valence-electron chi connectivity index (χ1n) is 6.82. The van der Waals surface area contributed by atoms with E-state index in [0.717, 1.165) is 39.6 Å². The second kappa shape index (κ2) is 4.92. The number of aromatic nitrogens is 3. The summed E-state index contributed by atoms with van der Waals surface area (Å²) < 4.78 is 0. The second-order valence-electron chi connectivity index (χ2n) is 4.94. The lowest BCUT2D eigenvalue weighted by Crippen LogP contribution is -2.12. The predicted molar refractivity (Wildman–Crippen MR) is 80.6 cm³/mol. The van der Waals surface area contributed by atoms with E-state index in [-0.39, 0.29) is 0 Å². The molecule has 0 aliphatic carbocycles. The summed E-state index contributed by atoms with van der Waals surface area (Å²) in [6.45, 7) is 1.08. The minimum atomic E-state index is 0.387. The normalized spacial score (nSPS) is 18.7. The summed E-state index contributed by atoms with van der Waals surface area (Å²) in [5.74, 6) is 0. The summed E-state index contributed by atoms with van der Waals surface area (Å²) in [5, 5.41) is 4.63. The van der Waals surface area contributed by atoms with Crippen molar-refractivity contribution in [2.75, 3.05) is 6.54 Å². The molecule has 1 fully saturated rings. The lowest BCUT2D eigenvalue weighted by Gasteiger charge is -2.04. The zero-order valence-corrected chi connectivity index (χ0v) is 11.7. The van der Waals surface area contributed by atoms with Crippen molar-refractivity contribution >= 4 is 21.7 Å². The molecule has 4 rings (SSSR count). The van der Waals surface area contributed by atoms with Gasteiger partial charge in [0.2, 0.25) is 0 Å². The molecule has 100 valence electrons. The molecule has 1 atom stereocenters. The highest BCUT2D eigenvalue weighted by Crippen LogP contribution is 2.33. The first kappa shape index (κ1) is 11.9. The Labute approximate surface area is 120 Å². The average Bonchev–Trinajstić information content (AvgIpc) is 3.16. The highest BCUT2D eigenvalue weighted by molar-refractivity contribution is 7.18.